The zero-order chi connectivity index (χ0) is 15.4. The Balaban J connectivity index is 3.00. The molecule has 0 saturated heterocycles. The van der Waals surface area contributed by atoms with Gasteiger partial charge in [0.05, 0.1) is 5.56 Å². The molecule has 1 aromatic heterocycles. The molecule has 1 heterocycles. The molecular formula is C16H27N3S. The summed E-state index contributed by atoms with van der Waals surface area (Å²) in [7, 11) is 0. The Labute approximate surface area is 128 Å². The number of rotatable bonds is 6. The summed E-state index contributed by atoms with van der Waals surface area (Å²) in [6.45, 7) is 13.9. The number of hydrogen-bond acceptors (Lipinski definition) is 3. The van der Waals surface area contributed by atoms with Gasteiger partial charge in [0.15, 0.2) is 0 Å². The molecule has 20 heavy (non-hydrogen) atoms. The summed E-state index contributed by atoms with van der Waals surface area (Å²) in [4.78, 5) is 4.97. The predicted molar refractivity (Wildman–Crippen MR) is 91.3 cm³/mol. The third-order valence-electron chi connectivity index (χ3n) is 3.81. The van der Waals surface area contributed by atoms with Crippen LogP contribution in [-0.4, -0.2) is 16.5 Å². The molecule has 0 spiro atoms. The van der Waals surface area contributed by atoms with Crippen LogP contribution in [0.15, 0.2) is 6.07 Å². The second kappa shape index (κ2) is 7.02. The van der Waals surface area contributed by atoms with Gasteiger partial charge in [-0.3, -0.25) is 0 Å². The maximum atomic E-state index is 5.84. The number of thiocarbonyl (C=S) groups is 1. The second-order valence-corrected chi connectivity index (χ2v) is 6.64. The number of aromatic nitrogens is 1. The fourth-order valence-corrected chi connectivity index (χ4v) is 2.99. The Morgan fingerprint density at radius 3 is 2.25 bits per heavy atom. The molecule has 0 aliphatic rings. The number of aryl methyl sites for hydroxylation is 2. The quantitative estimate of drug-likeness (QED) is 0.786. The summed E-state index contributed by atoms with van der Waals surface area (Å²) in [6.07, 6.45) is 0. The van der Waals surface area contributed by atoms with Gasteiger partial charge >= 0.3 is 0 Å². The van der Waals surface area contributed by atoms with Gasteiger partial charge in [-0.15, -0.1) is 0 Å². The van der Waals surface area contributed by atoms with E-state index in [9.17, 15) is 0 Å². The first-order valence-corrected chi connectivity index (χ1v) is 7.66. The molecule has 1 aromatic rings. The number of nitrogens with zero attached hydrogens (tertiary/aromatic N) is 1. The highest BCUT2D eigenvalue weighted by atomic mass is 32.1. The topological polar surface area (TPSA) is 50.9 Å². The van der Waals surface area contributed by atoms with Crippen LogP contribution in [0.1, 0.15) is 44.5 Å². The van der Waals surface area contributed by atoms with Crippen molar-refractivity contribution in [1.82, 2.24) is 4.98 Å². The van der Waals surface area contributed by atoms with E-state index in [0.717, 1.165) is 29.2 Å². The standard InChI is InChI=1S/C16H27N3S/c1-9(2)13(10(3)4)8-18-16-14(15(17)20)11(5)7-12(6)19-16/h7,9-10,13H,8H2,1-6H3,(H2,17,20)(H,18,19). The van der Waals surface area contributed by atoms with E-state index in [2.05, 4.69) is 38.0 Å². The van der Waals surface area contributed by atoms with E-state index in [1.807, 2.05) is 19.9 Å². The van der Waals surface area contributed by atoms with Crippen LogP contribution in [0.4, 0.5) is 5.82 Å². The van der Waals surface area contributed by atoms with Crippen molar-refractivity contribution in [2.45, 2.75) is 41.5 Å². The second-order valence-electron chi connectivity index (χ2n) is 6.20. The number of nitrogens with two attached hydrogens (primary N) is 1. The first-order chi connectivity index (χ1) is 9.23. The monoisotopic (exact) mass is 293 g/mol. The summed E-state index contributed by atoms with van der Waals surface area (Å²) in [5, 5.41) is 3.46. The van der Waals surface area contributed by atoms with Crippen LogP contribution < -0.4 is 11.1 Å². The van der Waals surface area contributed by atoms with Gasteiger partial charge in [0, 0.05) is 12.2 Å². The van der Waals surface area contributed by atoms with Crippen molar-refractivity contribution in [3.8, 4) is 0 Å². The van der Waals surface area contributed by atoms with Gasteiger partial charge in [-0.2, -0.15) is 0 Å². The van der Waals surface area contributed by atoms with Crippen LogP contribution in [0.3, 0.4) is 0 Å². The SMILES string of the molecule is Cc1cc(C)c(C(N)=S)c(NCC(C(C)C)C(C)C)n1. The lowest BCUT2D eigenvalue weighted by Crippen LogP contribution is -2.26. The van der Waals surface area contributed by atoms with Crippen molar-refractivity contribution in [2.24, 2.45) is 23.5 Å². The lowest BCUT2D eigenvalue weighted by atomic mass is 9.85. The van der Waals surface area contributed by atoms with Gasteiger partial charge < -0.3 is 11.1 Å². The zero-order valence-electron chi connectivity index (χ0n) is 13.4. The Morgan fingerprint density at radius 1 is 1.25 bits per heavy atom. The third-order valence-corrected chi connectivity index (χ3v) is 4.01. The summed E-state index contributed by atoms with van der Waals surface area (Å²) in [6, 6.07) is 2.02. The van der Waals surface area contributed by atoms with Crippen LogP contribution in [-0.2, 0) is 0 Å². The fraction of sp³-hybridized carbons (Fsp3) is 0.625. The van der Waals surface area contributed by atoms with E-state index in [1.54, 1.807) is 0 Å². The molecule has 0 unspecified atom stereocenters. The van der Waals surface area contributed by atoms with Crippen molar-refractivity contribution < 1.29 is 0 Å². The zero-order valence-corrected chi connectivity index (χ0v) is 14.3. The van der Waals surface area contributed by atoms with Gasteiger partial charge in [-0.05, 0) is 43.2 Å². The molecule has 0 aromatic carbocycles. The molecule has 3 nitrogen and oxygen atoms in total. The number of nitrogens with one attached hydrogen (secondary N) is 1. The molecule has 0 saturated carbocycles. The van der Waals surface area contributed by atoms with Gasteiger partial charge in [-0.1, -0.05) is 39.9 Å². The largest absolute Gasteiger partial charge is 0.389 e. The summed E-state index contributed by atoms with van der Waals surface area (Å²) in [5.74, 6) is 2.67. The maximum Gasteiger partial charge on any atom is 0.136 e. The Bertz CT molecular complexity index is 473. The molecule has 3 N–H and O–H groups in total. The van der Waals surface area contributed by atoms with Crippen LogP contribution >= 0.6 is 12.2 Å². The molecule has 112 valence electrons. The normalized spacial score (nSPS) is 11.4. The smallest absolute Gasteiger partial charge is 0.136 e. The minimum absolute atomic E-state index is 0.406. The number of pyridine rings is 1. The van der Waals surface area contributed by atoms with Crippen LogP contribution in [0.2, 0.25) is 0 Å². The molecule has 0 amide bonds. The Hall–Kier alpha value is -1.16. The van der Waals surface area contributed by atoms with Crippen molar-refractivity contribution in [1.29, 1.82) is 0 Å². The molecule has 1 rings (SSSR count). The third kappa shape index (κ3) is 4.17. The van der Waals surface area contributed by atoms with Gasteiger partial charge in [0.2, 0.25) is 0 Å². The van der Waals surface area contributed by atoms with Crippen molar-refractivity contribution in [3.63, 3.8) is 0 Å². The highest BCUT2D eigenvalue weighted by molar-refractivity contribution is 7.80. The summed E-state index contributed by atoms with van der Waals surface area (Å²) >= 11 is 5.16. The molecular weight excluding hydrogens is 266 g/mol. The van der Waals surface area contributed by atoms with E-state index in [4.69, 9.17) is 18.0 Å². The average Bonchev–Trinajstić information content (AvgIpc) is 2.26. The average molecular weight is 293 g/mol. The lowest BCUT2D eigenvalue weighted by Gasteiger charge is -2.26. The van der Waals surface area contributed by atoms with Crippen molar-refractivity contribution in [2.75, 3.05) is 11.9 Å². The molecule has 0 radical (unpaired) electrons. The van der Waals surface area contributed by atoms with E-state index < -0.39 is 0 Å². The van der Waals surface area contributed by atoms with Gasteiger partial charge in [0.1, 0.15) is 10.8 Å². The Kier molecular flexibility index (Phi) is 5.93. The van der Waals surface area contributed by atoms with E-state index in [0.29, 0.717) is 22.7 Å². The summed E-state index contributed by atoms with van der Waals surface area (Å²) < 4.78 is 0. The van der Waals surface area contributed by atoms with Gasteiger partial charge in [-0.25, -0.2) is 4.98 Å². The Morgan fingerprint density at radius 2 is 1.80 bits per heavy atom. The van der Waals surface area contributed by atoms with Crippen LogP contribution in [0.25, 0.3) is 0 Å². The van der Waals surface area contributed by atoms with Crippen LogP contribution in [0, 0.1) is 31.6 Å². The molecule has 0 bridgehead atoms. The molecule has 0 atom stereocenters. The van der Waals surface area contributed by atoms with E-state index >= 15 is 0 Å². The van der Waals surface area contributed by atoms with Crippen molar-refractivity contribution >= 4 is 23.0 Å². The maximum absolute atomic E-state index is 5.84. The van der Waals surface area contributed by atoms with E-state index in [1.165, 1.54) is 0 Å². The molecule has 0 fully saturated rings. The minimum atomic E-state index is 0.406. The summed E-state index contributed by atoms with van der Waals surface area (Å²) in [5.41, 5.74) is 8.78. The first kappa shape index (κ1) is 16.9. The van der Waals surface area contributed by atoms with Crippen LogP contribution in [0.5, 0.6) is 0 Å². The van der Waals surface area contributed by atoms with Gasteiger partial charge in [0.25, 0.3) is 0 Å². The molecule has 0 aliphatic heterocycles. The number of anilines is 1. The molecule has 0 aliphatic carbocycles. The van der Waals surface area contributed by atoms with Crippen molar-refractivity contribution in [3.05, 3.63) is 22.9 Å². The molecule has 4 heteroatoms. The highest BCUT2D eigenvalue weighted by Crippen LogP contribution is 2.23. The minimum Gasteiger partial charge on any atom is -0.389 e. The fourth-order valence-electron chi connectivity index (χ4n) is 2.73. The number of hydrogen-bond donors (Lipinski definition) is 2. The lowest BCUT2D eigenvalue weighted by molar-refractivity contribution is 0.304. The predicted octanol–water partition coefficient (Wildman–Crippen LogP) is 3.67. The highest BCUT2D eigenvalue weighted by Gasteiger charge is 2.19. The first-order valence-electron chi connectivity index (χ1n) is 7.26. The van der Waals surface area contributed by atoms with E-state index in [-0.39, 0.29) is 0 Å².